The normalized spacial score (nSPS) is 12.9. The van der Waals surface area contributed by atoms with Crippen LogP contribution in [0.15, 0.2) is 0 Å². The van der Waals surface area contributed by atoms with E-state index in [2.05, 4.69) is 5.32 Å². The number of hydrogen-bond acceptors (Lipinski definition) is 5. The zero-order valence-electron chi connectivity index (χ0n) is 10.4. The van der Waals surface area contributed by atoms with Crippen molar-refractivity contribution in [3.63, 3.8) is 0 Å². The number of nitrogens with one attached hydrogen (secondary N) is 1. The monoisotopic (exact) mass is 235 g/mol. The van der Waals surface area contributed by atoms with Crippen molar-refractivity contribution in [3.8, 4) is 0 Å². The molecule has 0 aliphatic heterocycles. The first-order chi connectivity index (χ1) is 7.81. The lowest BCUT2D eigenvalue weighted by Crippen LogP contribution is -2.31. The molecular weight excluding hydrogens is 210 g/mol. The van der Waals surface area contributed by atoms with Crippen molar-refractivity contribution in [3.05, 3.63) is 0 Å². The standard InChI is InChI=1S/C11H25NO4/c1-3-15-10-11(13)9-12-5-4-6-16-8-7-14-2/h11-13H,3-10H2,1-2H3. The molecule has 0 radical (unpaired) electrons. The van der Waals surface area contributed by atoms with Gasteiger partial charge in [0.2, 0.25) is 0 Å². The Labute approximate surface area is 98.1 Å². The molecule has 16 heavy (non-hydrogen) atoms. The molecule has 0 aromatic carbocycles. The lowest BCUT2D eigenvalue weighted by Gasteiger charge is -2.11. The highest BCUT2D eigenvalue weighted by Gasteiger charge is 2.01. The molecule has 0 heterocycles. The zero-order chi connectivity index (χ0) is 12.1. The molecule has 98 valence electrons. The van der Waals surface area contributed by atoms with Crippen LogP contribution in [0.2, 0.25) is 0 Å². The van der Waals surface area contributed by atoms with Crippen LogP contribution in [-0.4, -0.2) is 64.4 Å². The minimum atomic E-state index is -0.422. The molecule has 0 rings (SSSR count). The Kier molecular flexibility index (Phi) is 12.7. The number of rotatable bonds is 12. The van der Waals surface area contributed by atoms with Gasteiger partial charge in [0.05, 0.1) is 25.9 Å². The van der Waals surface area contributed by atoms with Crippen LogP contribution in [0, 0.1) is 0 Å². The maximum Gasteiger partial charge on any atom is 0.0897 e. The van der Waals surface area contributed by atoms with Gasteiger partial charge < -0.3 is 24.6 Å². The highest BCUT2D eigenvalue weighted by atomic mass is 16.5. The van der Waals surface area contributed by atoms with Crippen LogP contribution in [0.5, 0.6) is 0 Å². The van der Waals surface area contributed by atoms with E-state index in [0.717, 1.165) is 19.6 Å². The smallest absolute Gasteiger partial charge is 0.0897 e. The highest BCUT2D eigenvalue weighted by Crippen LogP contribution is 1.85. The summed E-state index contributed by atoms with van der Waals surface area (Å²) in [6.45, 7) is 6.37. The average molecular weight is 235 g/mol. The summed E-state index contributed by atoms with van der Waals surface area (Å²) >= 11 is 0. The summed E-state index contributed by atoms with van der Waals surface area (Å²) in [6, 6.07) is 0. The minimum Gasteiger partial charge on any atom is -0.389 e. The third-order valence-corrected chi connectivity index (χ3v) is 1.97. The van der Waals surface area contributed by atoms with Gasteiger partial charge in [0.1, 0.15) is 0 Å². The van der Waals surface area contributed by atoms with Gasteiger partial charge in [-0.3, -0.25) is 0 Å². The van der Waals surface area contributed by atoms with E-state index in [4.69, 9.17) is 14.2 Å². The topological polar surface area (TPSA) is 60.0 Å². The minimum absolute atomic E-state index is 0.397. The predicted molar refractivity (Wildman–Crippen MR) is 62.7 cm³/mol. The first-order valence-electron chi connectivity index (χ1n) is 5.84. The molecule has 0 aliphatic carbocycles. The quantitative estimate of drug-likeness (QED) is 0.467. The fourth-order valence-corrected chi connectivity index (χ4v) is 1.13. The molecule has 1 atom stereocenters. The molecular formula is C11H25NO4. The van der Waals surface area contributed by atoms with Crippen molar-refractivity contribution in [1.29, 1.82) is 0 Å². The Morgan fingerprint density at radius 1 is 1.19 bits per heavy atom. The van der Waals surface area contributed by atoms with E-state index in [1.54, 1.807) is 7.11 Å². The molecule has 0 bridgehead atoms. The van der Waals surface area contributed by atoms with Crippen molar-refractivity contribution in [2.45, 2.75) is 19.4 Å². The van der Waals surface area contributed by atoms with Gasteiger partial charge in [0.15, 0.2) is 0 Å². The SMILES string of the molecule is CCOCC(O)CNCCCOCCOC. The summed E-state index contributed by atoms with van der Waals surface area (Å²) in [7, 11) is 1.66. The molecule has 0 aromatic rings. The summed E-state index contributed by atoms with van der Waals surface area (Å²) < 4.78 is 15.2. The number of methoxy groups -OCH3 is 1. The second-order valence-corrected chi connectivity index (χ2v) is 3.48. The first kappa shape index (κ1) is 15.8. The summed E-state index contributed by atoms with van der Waals surface area (Å²) in [6.07, 6.45) is 0.514. The Morgan fingerprint density at radius 2 is 2.00 bits per heavy atom. The molecule has 0 fully saturated rings. The lowest BCUT2D eigenvalue weighted by molar-refractivity contribution is 0.0419. The van der Waals surface area contributed by atoms with E-state index in [1.165, 1.54) is 0 Å². The highest BCUT2D eigenvalue weighted by molar-refractivity contribution is 4.57. The van der Waals surface area contributed by atoms with Crippen LogP contribution >= 0.6 is 0 Å². The largest absolute Gasteiger partial charge is 0.389 e. The van der Waals surface area contributed by atoms with Crippen molar-refractivity contribution in [2.75, 3.05) is 53.2 Å². The molecule has 5 heteroatoms. The first-order valence-corrected chi connectivity index (χ1v) is 5.84. The number of aliphatic hydroxyl groups is 1. The molecule has 0 saturated carbocycles. The molecule has 0 spiro atoms. The van der Waals surface area contributed by atoms with Gasteiger partial charge in [-0.05, 0) is 19.9 Å². The van der Waals surface area contributed by atoms with Gasteiger partial charge >= 0.3 is 0 Å². The van der Waals surface area contributed by atoms with Crippen LogP contribution in [0.3, 0.4) is 0 Å². The molecule has 0 aromatic heterocycles. The van der Waals surface area contributed by atoms with E-state index in [1.807, 2.05) is 6.92 Å². The predicted octanol–water partition coefficient (Wildman–Crippen LogP) is 0.0265. The fourth-order valence-electron chi connectivity index (χ4n) is 1.13. The third-order valence-electron chi connectivity index (χ3n) is 1.97. The van der Waals surface area contributed by atoms with Gasteiger partial charge in [0, 0.05) is 26.9 Å². The second kappa shape index (κ2) is 12.9. The molecule has 2 N–H and O–H groups in total. The molecule has 0 saturated heterocycles. The van der Waals surface area contributed by atoms with Crippen molar-refractivity contribution in [2.24, 2.45) is 0 Å². The van der Waals surface area contributed by atoms with Crippen molar-refractivity contribution >= 4 is 0 Å². The van der Waals surface area contributed by atoms with E-state index in [9.17, 15) is 5.11 Å². The maximum atomic E-state index is 9.42. The Hall–Kier alpha value is -0.200. The van der Waals surface area contributed by atoms with Crippen LogP contribution in [0.4, 0.5) is 0 Å². The lowest BCUT2D eigenvalue weighted by atomic mass is 10.3. The maximum absolute atomic E-state index is 9.42. The Morgan fingerprint density at radius 3 is 2.69 bits per heavy atom. The molecule has 5 nitrogen and oxygen atoms in total. The van der Waals surface area contributed by atoms with Crippen molar-refractivity contribution < 1.29 is 19.3 Å². The van der Waals surface area contributed by atoms with Gasteiger partial charge in [-0.1, -0.05) is 0 Å². The Bertz CT molecular complexity index is 135. The average Bonchev–Trinajstić information content (AvgIpc) is 2.30. The van der Waals surface area contributed by atoms with Gasteiger partial charge in [-0.2, -0.15) is 0 Å². The second-order valence-electron chi connectivity index (χ2n) is 3.48. The molecule has 1 unspecified atom stereocenters. The summed E-state index contributed by atoms with van der Waals surface area (Å²) in [4.78, 5) is 0. The van der Waals surface area contributed by atoms with E-state index in [0.29, 0.717) is 33.0 Å². The summed E-state index contributed by atoms with van der Waals surface area (Å²) in [5.41, 5.74) is 0. The Balaban J connectivity index is 3.02. The van der Waals surface area contributed by atoms with Crippen LogP contribution in [0.25, 0.3) is 0 Å². The molecule has 0 aliphatic rings. The number of hydrogen-bond donors (Lipinski definition) is 2. The summed E-state index contributed by atoms with van der Waals surface area (Å²) in [5, 5.41) is 12.6. The van der Waals surface area contributed by atoms with Crippen LogP contribution in [-0.2, 0) is 14.2 Å². The van der Waals surface area contributed by atoms with E-state index >= 15 is 0 Å². The summed E-state index contributed by atoms with van der Waals surface area (Å²) in [5.74, 6) is 0. The van der Waals surface area contributed by atoms with Crippen LogP contribution in [0.1, 0.15) is 13.3 Å². The van der Waals surface area contributed by atoms with Crippen LogP contribution < -0.4 is 5.32 Å². The van der Waals surface area contributed by atoms with Crippen molar-refractivity contribution in [1.82, 2.24) is 5.32 Å². The number of aliphatic hydroxyl groups excluding tert-OH is 1. The van der Waals surface area contributed by atoms with E-state index < -0.39 is 6.10 Å². The van der Waals surface area contributed by atoms with Gasteiger partial charge in [-0.25, -0.2) is 0 Å². The van der Waals surface area contributed by atoms with Gasteiger partial charge in [0.25, 0.3) is 0 Å². The number of ether oxygens (including phenoxy) is 3. The molecule has 0 amide bonds. The van der Waals surface area contributed by atoms with Gasteiger partial charge in [-0.15, -0.1) is 0 Å². The third kappa shape index (κ3) is 11.9. The zero-order valence-corrected chi connectivity index (χ0v) is 10.4. The van der Waals surface area contributed by atoms with E-state index in [-0.39, 0.29) is 0 Å². The fraction of sp³-hybridized carbons (Fsp3) is 1.00.